The van der Waals surface area contributed by atoms with E-state index in [1.54, 1.807) is 7.05 Å². The Balaban J connectivity index is 3.00. The largest absolute Gasteiger partial charge is 0.403 e. The molecule has 13 heavy (non-hydrogen) atoms. The average molecular weight is 242 g/mol. The zero-order valence-corrected chi connectivity index (χ0v) is 8.95. The highest BCUT2D eigenvalue weighted by molar-refractivity contribution is 9.10. The summed E-state index contributed by atoms with van der Waals surface area (Å²) in [6, 6.07) is 7.79. The van der Waals surface area contributed by atoms with Crippen LogP contribution in [0.4, 0.5) is 0 Å². The fourth-order valence-corrected chi connectivity index (χ4v) is 1.30. The van der Waals surface area contributed by atoms with Gasteiger partial charge in [-0.3, -0.25) is 0 Å². The number of nitrogens with zero attached hydrogens (tertiary/aromatic N) is 1. The van der Waals surface area contributed by atoms with E-state index in [0.717, 1.165) is 15.7 Å². The molecular formula is C9H12BrN3. The highest BCUT2D eigenvalue weighted by Crippen LogP contribution is 2.17. The molecule has 0 spiro atoms. The van der Waals surface area contributed by atoms with E-state index in [9.17, 15) is 0 Å². The molecule has 0 aromatic heterocycles. The standard InChI is InChI=1S/C9H12BrN3/c1-13(12)9(6-11)7-2-4-8(10)5-3-7/h2-6H,11-12H2,1H3/b9-6-. The van der Waals surface area contributed by atoms with Gasteiger partial charge in [-0.05, 0) is 12.1 Å². The molecule has 1 rings (SSSR count). The van der Waals surface area contributed by atoms with Crippen molar-refractivity contribution in [3.63, 3.8) is 0 Å². The lowest BCUT2D eigenvalue weighted by Crippen LogP contribution is -2.24. The van der Waals surface area contributed by atoms with Crippen molar-refractivity contribution in [2.45, 2.75) is 0 Å². The van der Waals surface area contributed by atoms with E-state index < -0.39 is 0 Å². The van der Waals surface area contributed by atoms with Crippen LogP contribution in [0.1, 0.15) is 5.56 Å². The third-order valence-corrected chi connectivity index (χ3v) is 2.21. The van der Waals surface area contributed by atoms with Crippen LogP contribution >= 0.6 is 15.9 Å². The second-order valence-corrected chi connectivity index (χ2v) is 3.59. The number of halogens is 1. The topological polar surface area (TPSA) is 55.3 Å². The second kappa shape index (κ2) is 4.30. The molecule has 3 nitrogen and oxygen atoms in total. The molecule has 70 valence electrons. The van der Waals surface area contributed by atoms with Gasteiger partial charge < -0.3 is 10.7 Å². The van der Waals surface area contributed by atoms with Gasteiger partial charge in [-0.1, -0.05) is 28.1 Å². The van der Waals surface area contributed by atoms with Gasteiger partial charge in [0.15, 0.2) is 0 Å². The Hall–Kier alpha value is -1.000. The molecule has 0 aliphatic carbocycles. The average Bonchev–Trinajstić information content (AvgIpc) is 2.09. The first-order chi connectivity index (χ1) is 6.15. The van der Waals surface area contributed by atoms with Crippen LogP contribution in [0.2, 0.25) is 0 Å². The number of nitrogens with two attached hydrogens (primary N) is 2. The molecule has 4 heteroatoms. The fourth-order valence-electron chi connectivity index (χ4n) is 1.04. The molecular weight excluding hydrogens is 230 g/mol. The predicted molar refractivity (Wildman–Crippen MR) is 58.3 cm³/mol. The first-order valence-electron chi connectivity index (χ1n) is 3.81. The van der Waals surface area contributed by atoms with Crippen LogP contribution < -0.4 is 11.6 Å². The Kier molecular flexibility index (Phi) is 3.33. The molecule has 4 N–H and O–H groups in total. The lowest BCUT2D eigenvalue weighted by atomic mass is 10.2. The number of hydrogen-bond donors (Lipinski definition) is 2. The summed E-state index contributed by atoms with van der Waals surface area (Å²) in [7, 11) is 1.75. The SMILES string of the molecule is CN(N)/C(=C\N)c1ccc(Br)cc1. The van der Waals surface area contributed by atoms with Crippen LogP contribution in [-0.2, 0) is 0 Å². The van der Waals surface area contributed by atoms with E-state index in [0.29, 0.717) is 0 Å². The fraction of sp³-hybridized carbons (Fsp3) is 0.111. The lowest BCUT2D eigenvalue weighted by molar-refractivity contribution is 0.510. The van der Waals surface area contributed by atoms with Gasteiger partial charge in [0.1, 0.15) is 0 Å². The normalized spacial score (nSPS) is 11.5. The maximum Gasteiger partial charge on any atom is 0.0740 e. The summed E-state index contributed by atoms with van der Waals surface area (Å²) in [4.78, 5) is 0. The Bertz CT molecular complexity index is 303. The molecule has 1 aromatic carbocycles. The van der Waals surface area contributed by atoms with Gasteiger partial charge >= 0.3 is 0 Å². The van der Waals surface area contributed by atoms with Gasteiger partial charge in [0.25, 0.3) is 0 Å². The van der Waals surface area contributed by atoms with Crippen molar-refractivity contribution in [3.05, 3.63) is 40.5 Å². The number of hydrogen-bond acceptors (Lipinski definition) is 3. The summed E-state index contributed by atoms with van der Waals surface area (Å²) >= 11 is 3.36. The molecule has 0 unspecified atom stereocenters. The minimum absolute atomic E-state index is 0.799. The summed E-state index contributed by atoms with van der Waals surface area (Å²) in [6.07, 6.45) is 1.49. The molecule has 1 aromatic rings. The quantitative estimate of drug-likeness (QED) is 0.610. The van der Waals surface area contributed by atoms with E-state index in [1.807, 2.05) is 24.3 Å². The molecule has 0 fully saturated rings. The highest BCUT2D eigenvalue weighted by Gasteiger charge is 2.02. The molecule has 0 bridgehead atoms. The van der Waals surface area contributed by atoms with Crippen molar-refractivity contribution in [2.75, 3.05) is 7.05 Å². The van der Waals surface area contributed by atoms with E-state index in [4.69, 9.17) is 11.6 Å². The minimum Gasteiger partial charge on any atom is -0.403 e. The third kappa shape index (κ3) is 2.47. The van der Waals surface area contributed by atoms with Crippen LogP contribution in [-0.4, -0.2) is 12.1 Å². The van der Waals surface area contributed by atoms with E-state index in [1.165, 1.54) is 11.2 Å². The zero-order valence-electron chi connectivity index (χ0n) is 7.37. The van der Waals surface area contributed by atoms with E-state index in [2.05, 4.69) is 15.9 Å². The molecule has 0 atom stereocenters. The number of benzene rings is 1. The molecule has 0 heterocycles. The van der Waals surface area contributed by atoms with Crippen LogP contribution in [0.5, 0.6) is 0 Å². The van der Waals surface area contributed by atoms with Gasteiger partial charge in [0.05, 0.1) is 5.70 Å². The maximum atomic E-state index is 5.59. The Morgan fingerprint density at radius 2 is 1.92 bits per heavy atom. The van der Waals surface area contributed by atoms with Crippen molar-refractivity contribution in [3.8, 4) is 0 Å². The van der Waals surface area contributed by atoms with Crippen LogP contribution in [0.25, 0.3) is 5.70 Å². The zero-order chi connectivity index (χ0) is 9.84. The molecule has 0 aliphatic heterocycles. The van der Waals surface area contributed by atoms with Crippen molar-refractivity contribution in [1.29, 1.82) is 0 Å². The van der Waals surface area contributed by atoms with Gasteiger partial charge in [0.2, 0.25) is 0 Å². The van der Waals surface area contributed by atoms with Crippen molar-refractivity contribution >= 4 is 21.6 Å². The number of rotatable bonds is 2. The van der Waals surface area contributed by atoms with Gasteiger partial charge in [-0.2, -0.15) is 0 Å². The van der Waals surface area contributed by atoms with Gasteiger partial charge in [-0.25, -0.2) is 5.84 Å². The monoisotopic (exact) mass is 241 g/mol. The molecule has 0 radical (unpaired) electrons. The van der Waals surface area contributed by atoms with Crippen LogP contribution in [0.15, 0.2) is 34.9 Å². The first kappa shape index (κ1) is 10.1. The van der Waals surface area contributed by atoms with Crippen LogP contribution in [0, 0.1) is 0 Å². The van der Waals surface area contributed by atoms with Crippen molar-refractivity contribution in [2.24, 2.45) is 11.6 Å². The van der Waals surface area contributed by atoms with E-state index in [-0.39, 0.29) is 0 Å². The summed E-state index contributed by atoms with van der Waals surface area (Å²) < 4.78 is 1.03. The minimum atomic E-state index is 0.799. The molecule has 0 aliphatic rings. The Morgan fingerprint density at radius 1 is 1.38 bits per heavy atom. The summed E-state index contributed by atoms with van der Waals surface area (Å²) in [5.74, 6) is 5.59. The molecule has 0 saturated carbocycles. The Labute approximate surface area is 86.1 Å². The predicted octanol–water partition coefficient (Wildman–Crippen LogP) is 1.51. The second-order valence-electron chi connectivity index (χ2n) is 2.67. The third-order valence-electron chi connectivity index (χ3n) is 1.68. The lowest BCUT2D eigenvalue weighted by Gasteiger charge is -2.15. The summed E-state index contributed by atoms with van der Waals surface area (Å²) in [6.45, 7) is 0. The van der Waals surface area contributed by atoms with E-state index >= 15 is 0 Å². The molecule has 0 amide bonds. The van der Waals surface area contributed by atoms with Crippen LogP contribution in [0.3, 0.4) is 0 Å². The smallest absolute Gasteiger partial charge is 0.0740 e. The van der Waals surface area contributed by atoms with Crippen molar-refractivity contribution in [1.82, 2.24) is 5.01 Å². The number of hydrazine groups is 1. The summed E-state index contributed by atoms with van der Waals surface area (Å²) in [5.41, 5.74) is 7.24. The highest BCUT2D eigenvalue weighted by atomic mass is 79.9. The summed E-state index contributed by atoms with van der Waals surface area (Å²) in [5, 5.41) is 1.49. The van der Waals surface area contributed by atoms with Gasteiger partial charge in [0, 0.05) is 23.3 Å². The van der Waals surface area contributed by atoms with Crippen molar-refractivity contribution < 1.29 is 0 Å². The molecule has 0 saturated heterocycles. The maximum absolute atomic E-state index is 5.59. The Morgan fingerprint density at radius 3 is 2.31 bits per heavy atom. The first-order valence-corrected chi connectivity index (χ1v) is 4.60. The van der Waals surface area contributed by atoms with Gasteiger partial charge in [-0.15, -0.1) is 0 Å².